The first-order valence-electron chi connectivity index (χ1n) is 8.97. The molecule has 1 aromatic carbocycles. The van der Waals surface area contributed by atoms with Crippen molar-refractivity contribution in [3.8, 4) is 5.75 Å². The zero-order chi connectivity index (χ0) is 22.7. The maximum atomic E-state index is 14.3. The van der Waals surface area contributed by atoms with Gasteiger partial charge in [-0.3, -0.25) is 9.59 Å². The Hall–Kier alpha value is -2.47. The molecule has 12 heteroatoms. The number of aliphatic hydroxyl groups is 1. The van der Waals surface area contributed by atoms with Crippen molar-refractivity contribution in [1.82, 2.24) is 10.6 Å². The topological polar surface area (TPSA) is 114 Å². The molecule has 7 nitrogen and oxygen atoms in total. The van der Waals surface area contributed by atoms with Crippen LogP contribution in [-0.2, 0) is 9.59 Å². The average molecular weight is 439 g/mol. The lowest BCUT2D eigenvalue weighted by Gasteiger charge is -2.30. The first kappa shape index (κ1) is 23.8. The van der Waals surface area contributed by atoms with Gasteiger partial charge < -0.3 is 26.2 Å². The van der Waals surface area contributed by atoms with Crippen molar-refractivity contribution in [3.05, 3.63) is 29.8 Å². The molecule has 0 spiro atoms. The Balaban J connectivity index is 2.08. The summed E-state index contributed by atoms with van der Waals surface area (Å²) in [5.74, 6) is -7.79. The maximum absolute atomic E-state index is 14.3. The van der Waals surface area contributed by atoms with Crippen molar-refractivity contribution in [3.63, 3.8) is 0 Å². The molecule has 0 radical (unpaired) electrons. The zero-order valence-electron chi connectivity index (χ0n) is 15.9. The predicted octanol–water partition coefficient (Wildman–Crippen LogP) is 1.26. The van der Waals surface area contributed by atoms with E-state index >= 15 is 0 Å². The number of aliphatic hydroxyl groups excluding tert-OH is 1. The average Bonchev–Trinajstić information content (AvgIpc) is 3.53. The highest BCUT2D eigenvalue weighted by Crippen LogP contribution is 2.38. The maximum Gasteiger partial charge on any atom is 0.405 e. The Labute approximate surface area is 168 Å². The normalized spacial score (nSPS) is 17.6. The number of hydrogen-bond donors (Lipinski definition) is 4. The lowest BCUT2D eigenvalue weighted by Crippen LogP contribution is -2.59. The van der Waals surface area contributed by atoms with E-state index < -0.39 is 54.6 Å². The summed E-state index contributed by atoms with van der Waals surface area (Å²) >= 11 is 0. The molecule has 0 saturated heterocycles. The fourth-order valence-electron chi connectivity index (χ4n) is 2.78. The van der Waals surface area contributed by atoms with Crippen LogP contribution in [0.25, 0.3) is 0 Å². The van der Waals surface area contributed by atoms with Gasteiger partial charge >= 0.3 is 12.1 Å². The summed E-state index contributed by atoms with van der Waals surface area (Å²) in [4.78, 5) is 24.0. The molecule has 30 heavy (non-hydrogen) atoms. The van der Waals surface area contributed by atoms with Crippen molar-refractivity contribution in [2.45, 2.75) is 43.1 Å². The Morgan fingerprint density at radius 1 is 1.20 bits per heavy atom. The standard InChI is InChI=1S/C18H22F5N3O4/c1-30-11-6-4-9(5-7-11)12(24)15(28)26-13(10-2-3-10)14(27)18(22,23)16(29)25-8-17(19,20)21/h4-7,10,12-14,27H,2-3,8,24H2,1H3,(H,25,29)(H,26,28)/t12-,13-,14+/m0/s1. The molecule has 168 valence electrons. The van der Waals surface area contributed by atoms with Crippen LogP contribution >= 0.6 is 0 Å². The Morgan fingerprint density at radius 2 is 1.77 bits per heavy atom. The SMILES string of the molecule is COc1ccc([C@H](N)C(=O)N[C@@H](C2CC2)[C@@H](O)C(F)(F)C(=O)NCC(F)(F)F)cc1. The summed E-state index contributed by atoms with van der Waals surface area (Å²) in [5, 5.41) is 13.3. The van der Waals surface area contributed by atoms with Gasteiger partial charge in [0.05, 0.1) is 13.2 Å². The minimum atomic E-state index is -4.90. The number of nitrogens with one attached hydrogen (secondary N) is 2. The number of benzene rings is 1. The molecule has 2 rings (SSSR count). The fourth-order valence-corrected chi connectivity index (χ4v) is 2.78. The van der Waals surface area contributed by atoms with Crippen molar-refractivity contribution in [1.29, 1.82) is 0 Å². The van der Waals surface area contributed by atoms with Gasteiger partial charge in [0, 0.05) is 0 Å². The highest BCUT2D eigenvalue weighted by atomic mass is 19.4. The van der Waals surface area contributed by atoms with Crippen LogP contribution in [0.5, 0.6) is 5.75 Å². The van der Waals surface area contributed by atoms with Crippen LogP contribution in [0.3, 0.4) is 0 Å². The second-order valence-electron chi connectivity index (χ2n) is 6.99. The second kappa shape index (κ2) is 9.13. The van der Waals surface area contributed by atoms with Gasteiger partial charge in [0.1, 0.15) is 24.4 Å². The lowest BCUT2D eigenvalue weighted by molar-refractivity contribution is -0.174. The third-order valence-corrected chi connectivity index (χ3v) is 4.66. The van der Waals surface area contributed by atoms with E-state index in [1.165, 1.54) is 31.4 Å². The summed E-state index contributed by atoms with van der Waals surface area (Å²) in [6.07, 6.45) is -6.85. The number of ether oxygens (including phenoxy) is 1. The molecule has 1 aromatic rings. The zero-order valence-corrected chi connectivity index (χ0v) is 15.9. The summed E-state index contributed by atoms with van der Waals surface area (Å²) in [5.41, 5.74) is 6.18. The number of halogens is 5. The first-order chi connectivity index (χ1) is 13.9. The Bertz CT molecular complexity index is 753. The van der Waals surface area contributed by atoms with Crippen LogP contribution in [0.15, 0.2) is 24.3 Å². The van der Waals surface area contributed by atoms with Gasteiger partial charge in [-0.1, -0.05) is 12.1 Å². The number of alkyl halides is 5. The third-order valence-electron chi connectivity index (χ3n) is 4.66. The van der Waals surface area contributed by atoms with Gasteiger partial charge in [0.25, 0.3) is 5.91 Å². The first-order valence-corrected chi connectivity index (χ1v) is 8.97. The molecule has 1 aliphatic rings. The largest absolute Gasteiger partial charge is 0.497 e. The van der Waals surface area contributed by atoms with E-state index in [2.05, 4.69) is 5.32 Å². The minimum Gasteiger partial charge on any atom is -0.497 e. The number of methoxy groups -OCH3 is 1. The van der Waals surface area contributed by atoms with Crippen LogP contribution in [0, 0.1) is 5.92 Å². The molecule has 1 aliphatic carbocycles. The number of hydrogen-bond acceptors (Lipinski definition) is 5. The number of nitrogens with two attached hydrogens (primary N) is 1. The summed E-state index contributed by atoms with van der Waals surface area (Å²) < 4.78 is 70.0. The van der Waals surface area contributed by atoms with Gasteiger partial charge in [-0.2, -0.15) is 22.0 Å². The molecule has 0 aromatic heterocycles. The number of amides is 2. The molecular weight excluding hydrogens is 417 g/mol. The lowest BCUT2D eigenvalue weighted by atomic mass is 9.98. The van der Waals surface area contributed by atoms with Crippen molar-refractivity contribution in [2.75, 3.05) is 13.7 Å². The van der Waals surface area contributed by atoms with Crippen LogP contribution in [0.4, 0.5) is 22.0 Å². The molecule has 1 saturated carbocycles. The fraction of sp³-hybridized carbons (Fsp3) is 0.556. The van der Waals surface area contributed by atoms with Crippen molar-refractivity contribution in [2.24, 2.45) is 11.7 Å². The summed E-state index contributed by atoms with van der Waals surface area (Å²) in [6.45, 7) is -1.98. The van der Waals surface area contributed by atoms with Crippen LogP contribution < -0.4 is 21.1 Å². The molecule has 0 unspecified atom stereocenters. The molecule has 0 heterocycles. The molecule has 3 atom stereocenters. The van der Waals surface area contributed by atoms with E-state index in [0.29, 0.717) is 24.2 Å². The Morgan fingerprint density at radius 3 is 2.23 bits per heavy atom. The van der Waals surface area contributed by atoms with E-state index in [4.69, 9.17) is 10.5 Å². The molecule has 2 amide bonds. The van der Waals surface area contributed by atoms with Crippen LogP contribution in [0.2, 0.25) is 0 Å². The highest BCUT2D eigenvalue weighted by molar-refractivity contribution is 5.85. The summed E-state index contributed by atoms with van der Waals surface area (Å²) in [6, 6.07) is 3.23. The predicted molar refractivity (Wildman–Crippen MR) is 94.6 cm³/mol. The van der Waals surface area contributed by atoms with Gasteiger partial charge in [0.15, 0.2) is 0 Å². The third kappa shape index (κ3) is 6.02. The summed E-state index contributed by atoms with van der Waals surface area (Å²) in [7, 11) is 1.44. The van der Waals surface area contributed by atoms with Crippen molar-refractivity contribution >= 4 is 11.8 Å². The van der Waals surface area contributed by atoms with Gasteiger partial charge in [-0.25, -0.2) is 0 Å². The molecular formula is C18H22F5N3O4. The Kier molecular flexibility index (Phi) is 7.24. The van der Waals surface area contributed by atoms with E-state index in [0.717, 1.165) is 5.32 Å². The number of carbonyl (C=O) groups excluding carboxylic acids is 2. The second-order valence-corrected chi connectivity index (χ2v) is 6.99. The monoisotopic (exact) mass is 439 g/mol. The van der Waals surface area contributed by atoms with E-state index in [-0.39, 0.29) is 0 Å². The van der Waals surface area contributed by atoms with E-state index in [9.17, 15) is 36.6 Å². The molecule has 0 aliphatic heterocycles. The molecule has 1 fully saturated rings. The quantitative estimate of drug-likeness (QED) is 0.433. The smallest absolute Gasteiger partial charge is 0.405 e. The molecule has 5 N–H and O–H groups in total. The van der Waals surface area contributed by atoms with Gasteiger partial charge in [0.2, 0.25) is 5.91 Å². The van der Waals surface area contributed by atoms with E-state index in [1.54, 1.807) is 0 Å². The number of rotatable bonds is 9. The minimum absolute atomic E-state index is 0.340. The van der Waals surface area contributed by atoms with Gasteiger partial charge in [-0.05, 0) is 36.5 Å². The van der Waals surface area contributed by atoms with E-state index in [1.807, 2.05) is 0 Å². The number of carbonyl (C=O) groups is 2. The van der Waals surface area contributed by atoms with Crippen LogP contribution in [-0.4, -0.2) is 54.8 Å². The molecule has 0 bridgehead atoms. The van der Waals surface area contributed by atoms with Crippen LogP contribution in [0.1, 0.15) is 24.4 Å². The van der Waals surface area contributed by atoms with Gasteiger partial charge in [-0.15, -0.1) is 0 Å². The highest BCUT2D eigenvalue weighted by Gasteiger charge is 2.54. The van der Waals surface area contributed by atoms with Crippen molar-refractivity contribution < 1.29 is 41.4 Å².